The van der Waals surface area contributed by atoms with Gasteiger partial charge in [0.05, 0.1) is 18.5 Å². The molecule has 0 aliphatic rings. The van der Waals surface area contributed by atoms with E-state index in [0.29, 0.717) is 12.2 Å². The first-order chi connectivity index (χ1) is 9.34. The molecular formula is C15H22BrNO3. The summed E-state index contributed by atoms with van der Waals surface area (Å²) in [6.07, 6.45) is 0.508. The minimum atomic E-state index is -1.08. The van der Waals surface area contributed by atoms with Crippen LogP contribution in [0.15, 0.2) is 24.3 Å². The molecule has 112 valence electrons. The number of nitrogens with zero attached hydrogens (tertiary/aromatic N) is 1. The van der Waals surface area contributed by atoms with E-state index >= 15 is 0 Å². The predicted octanol–water partition coefficient (Wildman–Crippen LogP) is 2.53. The number of carbonyl (C=O) groups is 1. The zero-order valence-electron chi connectivity index (χ0n) is 12.4. The summed E-state index contributed by atoms with van der Waals surface area (Å²) < 4.78 is 5.19. The van der Waals surface area contributed by atoms with Crippen LogP contribution in [0, 0.1) is 0 Å². The lowest BCUT2D eigenvalue weighted by Gasteiger charge is -2.33. The van der Waals surface area contributed by atoms with E-state index in [9.17, 15) is 9.90 Å². The third-order valence-electron chi connectivity index (χ3n) is 3.41. The Bertz CT molecular complexity index is 464. The van der Waals surface area contributed by atoms with Crippen LogP contribution in [-0.4, -0.2) is 41.4 Å². The minimum absolute atomic E-state index is 0.0558. The number of benzene rings is 1. The van der Waals surface area contributed by atoms with Crippen LogP contribution < -0.4 is 4.74 Å². The summed E-state index contributed by atoms with van der Waals surface area (Å²) in [6, 6.07) is 7.32. The lowest BCUT2D eigenvalue weighted by Crippen LogP contribution is -2.43. The van der Waals surface area contributed by atoms with Gasteiger partial charge in [0.15, 0.2) is 0 Å². The third kappa shape index (κ3) is 3.96. The van der Waals surface area contributed by atoms with Gasteiger partial charge in [-0.1, -0.05) is 35.0 Å². The number of rotatable bonds is 6. The zero-order valence-corrected chi connectivity index (χ0v) is 14.0. The van der Waals surface area contributed by atoms with E-state index in [0.717, 1.165) is 5.56 Å². The number of likely N-dealkylation sites (N-methyl/N-ethyl adjacent to an activating group) is 1. The second-order valence-electron chi connectivity index (χ2n) is 4.93. The van der Waals surface area contributed by atoms with Gasteiger partial charge in [-0.25, -0.2) is 0 Å². The Kier molecular flexibility index (Phi) is 6.02. The average Bonchev–Trinajstić information content (AvgIpc) is 2.46. The van der Waals surface area contributed by atoms with Crippen LogP contribution in [-0.2, 0) is 10.4 Å². The summed E-state index contributed by atoms with van der Waals surface area (Å²) in [6.45, 7) is 3.91. The number of hydrogen-bond acceptors (Lipinski definition) is 3. The molecule has 0 spiro atoms. The van der Waals surface area contributed by atoms with Gasteiger partial charge in [-0.05, 0) is 31.0 Å². The van der Waals surface area contributed by atoms with Crippen molar-refractivity contribution in [2.24, 2.45) is 0 Å². The summed E-state index contributed by atoms with van der Waals surface area (Å²) in [5.74, 6) is 0.636. The largest absolute Gasteiger partial charge is 0.497 e. The van der Waals surface area contributed by atoms with E-state index in [2.05, 4.69) is 15.9 Å². The topological polar surface area (TPSA) is 49.8 Å². The van der Waals surface area contributed by atoms with Crippen molar-refractivity contribution in [3.63, 3.8) is 0 Å². The first-order valence-electron chi connectivity index (χ1n) is 6.60. The molecule has 1 aromatic rings. The smallest absolute Gasteiger partial charge is 0.235 e. The molecule has 1 amide bonds. The van der Waals surface area contributed by atoms with Crippen molar-refractivity contribution < 1.29 is 14.6 Å². The molecule has 0 aliphatic heterocycles. The van der Waals surface area contributed by atoms with Gasteiger partial charge in [0.2, 0.25) is 5.91 Å². The van der Waals surface area contributed by atoms with Gasteiger partial charge >= 0.3 is 0 Å². The van der Waals surface area contributed by atoms with Crippen LogP contribution in [0.4, 0.5) is 0 Å². The van der Waals surface area contributed by atoms with Crippen molar-refractivity contribution in [3.8, 4) is 5.75 Å². The van der Waals surface area contributed by atoms with Gasteiger partial charge in [-0.15, -0.1) is 0 Å². The predicted molar refractivity (Wildman–Crippen MR) is 83.2 cm³/mol. The molecule has 1 rings (SSSR count). The van der Waals surface area contributed by atoms with Crippen molar-refractivity contribution in [2.75, 3.05) is 20.7 Å². The Morgan fingerprint density at radius 2 is 2.20 bits per heavy atom. The second kappa shape index (κ2) is 7.09. The number of ether oxygens (including phenoxy) is 1. The molecule has 0 aliphatic carbocycles. The number of amides is 1. The maximum Gasteiger partial charge on any atom is 0.235 e. The molecule has 2 unspecified atom stereocenters. The minimum Gasteiger partial charge on any atom is -0.497 e. The Morgan fingerprint density at radius 1 is 1.55 bits per heavy atom. The highest BCUT2D eigenvalue weighted by Crippen LogP contribution is 2.28. The summed E-state index contributed by atoms with van der Waals surface area (Å²) in [4.78, 5) is 13.2. The van der Waals surface area contributed by atoms with E-state index in [4.69, 9.17) is 4.74 Å². The monoisotopic (exact) mass is 343 g/mol. The fraction of sp³-hybridized carbons (Fsp3) is 0.533. The molecule has 0 fully saturated rings. The fourth-order valence-electron chi connectivity index (χ4n) is 2.09. The van der Waals surface area contributed by atoms with E-state index < -0.39 is 5.60 Å². The molecular weight excluding hydrogens is 322 g/mol. The van der Waals surface area contributed by atoms with Crippen LogP contribution in [0.1, 0.15) is 25.8 Å². The van der Waals surface area contributed by atoms with Gasteiger partial charge < -0.3 is 14.7 Å². The SMILES string of the molecule is CCC(O)(CN(C)C(=O)C(C)Br)c1cccc(OC)c1. The van der Waals surface area contributed by atoms with Crippen molar-refractivity contribution >= 4 is 21.8 Å². The summed E-state index contributed by atoms with van der Waals surface area (Å²) in [5, 5.41) is 10.8. The maximum absolute atomic E-state index is 11.9. The highest BCUT2D eigenvalue weighted by molar-refractivity contribution is 9.10. The number of aliphatic hydroxyl groups is 1. The van der Waals surface area contributed by atoms with Crippen molar-refractivity contribution in [1.82, 2.24) is 4.90 Å². The fourth-order valence-corrected chi connectivity index (χ4v) is 2.44. The van der Waals surface area contributed by atoms with Gasteiger partial charge in [-0.2, -0.15) is 0 Å². The Balaban J connectivity index is 2.98. The molecule has 0 saturated heterocycles. The number of hydrogen-bond donors (Lipinski definition) is 1. The third-order valence-corrected chi connectivity index (χ3v) is 3.80. The maximum atomic E-state index is 11.9. The molecule has 2 atom stereocenters. The Hall–Kier alpha value is -1.07. The molecule has 0 heterocycles. The average molecular weight is 344 g/mol. The molecule has 1 aromatic carbocycles. The Morgan fingerprint density at radius 3 is 2.70 bits per heavy atom. The number of methoxy groups -OCH3 is 1. The molecule has 0 saturated carbocycles. The van der Waals surface area contributed by atoms with Crippen LogP contribution in [0.2, 0.25) is 0 Å². The van der Waals surface area contributed by atoms with E-state index in [1.165, 1.54) is 0 Å². The molecule has 1 N–H and O–H groups in total. The van der Waals surface area contributed by atoms with Crippen molar-refractivity contribution in [2.45, 2.75) is 30.7 Å². The lowest BCUT2D eigenvalue weighted by atomic mass is 9.90. The van der Waals surface area contributed by atoms with Crippen molar-refractivity contribution in [1.29, 1.82) is 0 Å². The normalized spacial score (nSPS) is 15.3. The quantitative estimate of drug-likeness (QED) is 0.807. The standard InChI is InChI=1S/C15H22BrNO3/c1-5-15(19,10-17(3)14(18)11(2)16)12-7-6-8-13(9-12)20-4/h6-9,11,19H,5,10H2,1-4H3. The van der Waals surface area contributed by atoms with E-state index in [-0.39, 0.29) is 17.3 Å². The first-order valence-corrected chi connectivity index (χ1v) is 7.51. The Labute approximate surface area is 128 Å². The van der Waals surface area contributed by atoms with Gasteiger partial charge in [0.1, 0.15) is 11.4 Å². The zero-order chi connectivity index (χ0) is 15.3. The highest BCUT2D eigenvalue weighted by Gasteiger charge is 2.31. The number of alkyl halides is 1. The van der Waals surface area contributed by atoms with E-state index in [1.54, 1.807) is 32.0 Å². The van der Waals surface area contributed by atoms with Crippen molar-refractivity contribution in [3.05, 3.63) is 29.8 Å². The van der Waals surface area contributed by atoms with Crippen LogP contribution >= 0.6 is 15.9 Å². The van der Waals surface area contributed by atoms with Gasteiger partial charge in [0.25, 0.3) is 0 Å². The van der Waals surface area contributed by atoms with Crippen LogP contribution in [0.25, 0.3) is 0 Å². The molecule has 20 heavy (non-hydrogen) atoms. The lowest BCUT2D eigenvalue weighted by molar-refractivity contribution is -0.132. The number of halogens is 1. The summed E-state index contributed by atoms with van der Waals surface area (Å²) in [7, 11) is 3.28. The van der Waals surface area contributed by atoms with Gasteiger partial charge in [0, 0.05) is 7.05 Å². The van der Waals surface area contributed by atoms with Crippen LogP contribution in [0.3, 0.4) is 0 Å². The highest BCUT2D eigenvalue weighted by atomic mass is 79.9. The molecule has 0 bridgehead atoms. The van der Waals surface area contributed by atoms with Crippen LogP contribution in [0.5, 0.6) is 5.75 Å². The second-order valence-corrected chi connectivity index (χ2v) is 6.30. The molecule has 0 radical (unpaired) electrons. The number of carbonyl (C=O) groups excluding carboxylic acids is 1. The molecule has 0 aromatic heterocycles. The molecule has 5 heteroatoms. The van der Waals surface area contributed by atoms with E-state index in [1.807, 2.05) is 25.1 Å². The summed E-state index contributed by atoms with van der Waals surface area (Å²) >= 11 is 3.26. The summed E-state index contributed by atoms with van der Waals surface area (Å²) in [5.41, 5.74) is -0.331. The first kappa shape index (κ1) is 17.0. The molecule has 4 nitrogen and oxygen atoms in total. The van der Waals surface area contributed by atoms with Gasteiger partial charge in [-0.3, -0.25) is 4.79 Å².